The molecule has 0 amide bonds. The van der Waals surface area contributed by atoms with Gasteiger partial charge < -0.3 is 5.73 Å². The topological polar surface area (TPSA) is 26.0 Å². The summed E-state index contributed by atoms with van der Waals surface area (Å²) in [4.78, 5) is 0. The van der Waals surface area contributed by atoms with Gasteiger partial charge in [-0.15, -0.1) is 0 Å². The number of rotatable bonds is 6. The van der Waals surface area contributed by atoms with Crippen LogP contribution in [0.25, 0.3) is 0 Å². The van der Waals surface area contributed by atoms with Gasteiger partial charge in [-0.2, -0.15) is 11.8 Å². The zero-order valence-corrected chi connectivity index (χ0v) is 11.3. The van der Waals surface area contributed by atoms with Gasteiger partial charge in [-0.25, -0.2) is 0 Å². The van der Waals surface area contributed by atoms with E-state index < -0.39 is 0 Å². The average molecular weight is 257 g/mol. The van der Waals surface area contributed by atoms with Crippen LogP contribution in [0.2, 0.25) is 0 Å². The fourth-order valence-electron chi connectivity index (χ4n) is 1.83. The van der Waals surface area contributed by atoms with E-state index in [9.17, 15) is 0 Å². The van der Waals surface area contributed by atoms with E-state index in [2.05, 4.69) is 42.5 Å². The number of nitrogen functional groups attached to an aromatic ring is 1. The number of anilines is 1. The van der Waals surface area contributed by atoms with Crippen molar-refractivity contribution < 1.29 is 0 Å². The Bertz CT molecular complexity index is 450. The van der Waals surface area contributed by atoms with Crippen LogP contribution < -0.4 is 5.73 Å². The predicted octanol–water partition coefficient (Wildman–Crippen LogP) is 4.13. The molecule has 0 atom stereocenters. The van der Waals surface area contributed by atoms with Gasteiger partial charge in [-0.1, -0.05) is 42.5 Å². The number of nitrogens with two attached hydrogens (primary N) is 1. The van der Waals surface area contributed by atoms with Gasteiger partial charge in [-0.05, 0) is 41.9 Å². The highest BCUT2D eigenvalue weighted by molar-refractivity contribution is 7.98. The molecule has 2 rings (SSSR count). The van der Waals surface area contributed by atoms with E-state index in [1.165, 1.54) is 23.3 Å². The van der Waals surface area contributed by atoms with Gasteiger partial charge in [0.25, 0.3) is 0 Å². The minimum absolute atomic E-state index is 0.845. The lowest BCUT2D eigenvalue weighted by Crippen LogP contribution is -1.90. The third-order valence-corrected chi connectivity index (χ3v) is 3.96. The molecule has 0 spiro atoms. The molecule has 0 aliphatic heterocycles. The Hall–Kier alpha value is -1.41. The Labute approximate surface area is 113 Å². The van der Waals surface area contributed by atoms with Crippen molar-refractivity contribution in [2.24, 2.45) is 0 Å². The van der Waals surface area contributed by atoms with Gasteiger partial charge in [0.15, 0.2) is 0 Å². The second-order valence-corrected chi connectivity index (χ2v) is 5.49. The smallest absolute Gasteiger partial charge is 0.0314 e. The first kappa shape index (κ1) is 13.0. The first-order valence-electron chi connectivity index (χ1n) is 6.31. The molecule has 0 aliphatic carbocycles. The van der Waals surface area contributed by atoms with Crippen LogP contribution in [0.1, 0.15) is 17.5 Å². The fourth-order valence-corrected chi connectivity index (χ4v) is 2.75. The summed E-state index contributed by atoms with van der Waals surface area (Å²) in [6.45, 7) is 0. The quantitative estimate of drug-likeness (QED) is 0.622. The van der Waals surface area contributed by atoms with Gasteiger partial charge in [0.05, 0.1) is 0 Å². The molecule has 0 saturated heterocycles. The summed E-state index contributed by atoms with van der Waals surface area (Å²) in [7, 11) is 0. The molecule has 2 aromatic rings. The molecule has 0 unspecified atom stereocenters. The van der Waals surface area contributed by atoms with E-state index >= 15 is 0 Å². The summed E-state index contributed by atoms with van der Waals surface area (Å²) in [5.41, 5.74) is 9.30. The third kappa shape index (κ3) is 4.46. The van der Waals surface area contributed by atoms with Crippen LogP contribution in [0.5, 0.6) is 0 Å². The summed E-state index contributed by atoms with van der Waals surface area (Å²) in [6.07, 6.45) is 2.36. The van der Waals surface area contributed by atoms with Crippen molar-refractivity contribution in [1.82, 2.24) is 0 Å². The highest BCUT2D eigenvalue weighted by atomic mass is 32.2. The standard InChI is InChI=1S/C16H19NS/c17-16-10-8-14(9-11-16)7-4-12-18-13-15-5-2-1-3-6-15/h1-3,5-6,8-11H,4,7,12-13,17H2. The minimum atomic E-state index is 0.845. The molecular formula is C16H19NS. The first-order chi connectivity index (χ1) is 8.84. The second-order valence-electron chi connectivity index (χ2n) is 4.38. The number of aryl methyl sites for hydroxylation is 1. The van der Waals surface area contributed by atoms with Crippen LogP contribution in [0.3, 0.4) is 0 Å². The summed E-state index contributed by atoms with van der Waals surface area (Å²) in [5.74, 6) is 2.32. The van der Waals surface area contributed by atoms with Gasteiger partial charge in [0.1, 0.15) is 0 Å². The van der Waals surface area contributed by atoms with Crippen molar-refractivity contribution >= 4 is 17.4 Å². The third-order valence-electron chi connectivity index (χ3n) is 2.85. The number of thioether (sulfide) groups is 1. The summed E-state index contributed by atoms with van der Waals surface area (Å²) >= 11 is 2.00. The lowest BCUT2D eigenvalue weighted by atomic mass is 10.1. The lowest BCUT2D eigenvalue weighted by Gasteiger charge is -2.03. The summed E-state index contributed by atoms with van der Waals surface area (Å²) in [5, 5.41) is 0. The van der Waals surface area contributed by atoms with Gasteiger partial charge in [-0.3, -0.25) is 0 Å². The van der Waals surface area contributed by atoms with Crippen LogP contribution in [0, 0.1) is 0 Å². The highest BCUT2D eigenvalue weighted by Gasteiger charge is 1.95. The van der Waals surface area contributed by atoms with Crippen LogP contribution in [-0.2, 0) is 12.2 Å². The highest BCUT2D eigenvalue weighted by Crippen LogP contribution is 2.14. The molecule has 2 N–H and O–H groups in total. The van der Waals surface area contributed by atoms with E-state index in [-0.39, 0.29) is 0 Å². The summed E-state index contributed by atoms with van der Waals surface area (Å²) in [6, 6.07) is 18.8. The van der Waals surface area contributed by atoms with Gasteiger partial charge in [0.2, 0.25) is 0 Å². The molecular weight excluding hydrogens is 238 g/mol. The largest absolute Gasteiger partial charge is 0.399 e. The molecule has 0 radical (unpaired) electrons. The Morgan fingerprint density at radius 1 is 0.833 bits per heavy atom. The molecule has 0 aromatic heterocycles. The Morgan fingerprint density at radius 3 is 2.28 bits per heavy atom. The first-order valence-corrected chi connectivity index (χ1v) is 7.46. The van der Waals surface area contributed by atoms with E-state index in [4.69, 9.17) is 5.73 Å². The fraction of sp³-hybridized carbons (Fsp3) is 0.250. The van der Waals surface area contributed by atoms with Crippen molar-refractivity contribution in [2.45, 2.75) is 18.6 Å². The number of hydrogen-bond acceptors (Lipinski definition) is 2. The van der Waals surface area contributed by atoms with Crippen molar-refractivity contribution in [2.75, 3.05) is 11.5 Å². The van der Waals surface area contributed by atoms with E-state index in [1.807, 2.05) is 23.9 Å². The molecule has 0 saturated carbocycles. The molecule has 2 heteroatoms. The molecule has 0 fully saturated rings. The lowest BCUT2D eigenvalue weighted by molar-refractivity contribution is 0.933. The van der Waals surface area contributed by atoms with Gasteiger partial charge >= 0.3 is 0 Å². The van der Waals surface area contributed by atoms with Crippen LogP contribution in [0.4, 0.5) is 5.69 Å². The van der Waals surface area contributed by atoms with Crippen molar-refractivity contribution in [3.05, 3.63) is 65.7 Å². The maximum Gasteiger partial charge on any atom is 0.0314 e. The normalized spacial score (nSPS) is 10.4. The maximum atomic E-state index is 5.66. The molecule has 0 heterocycles. The van der Waals surface area contributed by atoms with E-state index in [0.717, 1.165) is 17.9 Å². The number of hydrogen-bond donors (Lipinski definition) is 1. The second kappa shape index (κ2) is 7.12. The van der Waals surface area contributed by atoms with Crippen molar-refractivity contribution in [1.29, 1.82) is 0 Å². The molecule has 1 nitrogen and oxygen atoms in total. The van der Waals surface area contributed by atoms with Crippen LogP contribution >= 0.6 is 11.8 Å². The molecule has 0 aliphatic rings. The monoisotopic (exact) mass is 257 g/mol. The van der Waals surface area contributed by atoms with Gasteiger partial charge in [0, 0.05) is 11.4 Å². The molecule has 0 bridgehead atoms. The SMILES string of the molecule is Nc1ccc(CCCSCc2ccccc2)cc1. The Morgan fingerprint density at radius 2 is 1.56 bits per heavy atom. The van der Waals surface area contributed by atoms with Crippen LogP contribution in [0.15, 0.2) is 54.6 Å². The average Bonchev–Trinajstić information content (AvgIpc) is 2.42. The minimum Gasteiger partial charge on any atom is -0.399 e. The molecule has 2 aromatic carbocycles. The zero-order valence-electron chi connectivity index (χ0n) is 10.5. The van der Waals surface area contributed by atoms with E-state index in [1.54, 1.807) is 0 Å². The summed E-state index contributed by atoms with van der Waals surface area (Å²) < 4.78 is 0. The van der Waals surface area contributed by atoms with Crippen molar-refractivity contribution in [3.63, 3.8) is 0 Å². The Balaban J connectivity index is 1.63. The predicted molar refractivity (Wildman–Crippen MR) is 81.8 cm³/mol. The maximum absolute atomic E-state index is 5.66. The number of benzene rings is 2. The van der Waals surface area contributed by atoms with Crippen LogP contribution in [-0.4, -0.2) is 5.75 Å². The molecule has 18 heavy (non-hydrogen) atoms. The molecule has 94 valence electrons. The zero-order chi connectivity index (χ0) is 12.6. The van der Waals surface area contributed by atoms with Crippen molar-refractivity contribution in [3.8, 4) is 0 Å². The van der Waals surface area contributed by atoms with E-state index in [0.29, 0.717) is 0 Å². The Kier molecular flexibility index (Phi) is 5.15.